The number of fused-ring (bicyclic) bond motifs is 1. The van der Waals surface area contributed by atoms with Crippen molar-refractivity contribution in [1.29, 1.82) is 0 Å². The zero-order chi connectivity index (χ0) is 10.1. The average molecular weight is 255 g/mol. The zero-order valence-corrected chi connectivity index (χ0v) is 8.73. The molecule has 0 bridgehead atoms. The number of nitrogens with two attached hydrogens (primary N) is 1. The first-order valence-electron chi connectivity index (χ1n) is 3.95. The third kappa shape index (κ3) is 1.42. The van der Waals surface area contributed by atoms with Gasteiger partial charge in [-0.2, -0.15) is 0 Å². The van der Waals surface area contributed by atoms with Gasteiger partial charge in [-0.1, -0.05) is 0 Å². The van der Waals surface area contributed by atoms with Gasteiger partial charge in [0.2, 0.25) is 5.78 Å². The summed E-state index contributed by atoms with van der Waals surface area (Å²) < 4.78 is 2.53. The molecule has 0 aliphatic carbocycles. The first kappa shape index (κ1) is 9.29. The van der Waals surface area contributed by atoms with Crippen LogP contribution in [0.25, 0.3) is 5.78 Å². The molecule has 2 heterocycles. The molecule has 0 saturated carbocycles. The van der Waals surface area contributed by atoms with Crippen molar-refractivity contribution in [3.8, 4) is 0 Å². The lowest BCUT2D eigenvalue weighted by Crippen LogP contribution is -2.15. The van der Waals surface area contributed by atoms with Gasteiger partial charge in [0.1, 0.15) is 10.3 Å². The van der Waals surface area contributed by atoms with Crippen LogP contribution in [-0.2, 0) is 0 Å². The topological polar surface area (TPSA) is 73.3 Å². The number of nitrogens with zero attached hydrogens (tertiary/aromatic N) is 3. The summed E-state index contributed by atoms with van der Waals surface area (Å²) in [7, 11) is 0. The van der Waals surface area contributed by atoms with E-state index in [-0.39, 0.29) is 12.3 Å². The molecule has 0 spiro atoms. The molecule has 72 valence electrons. The molecule has 2 aromatic rings. The molecule has 5 nitrogen and oxygen atoms in total. The Hall–Kier alpha value is -1.27. The summed E-state index contributed by atoms with van der Waals surface area (Å²) >= 11 is 3.30. The van der Waals surface area contributed by atoms with E-state index in [1.807, 2.05) is 0 Å². The van der Waals surface area contributed by atoms with Crippen molar-refractivity contribution < 1.29 is 4.79 Å². The highest BCUT2D eigenvalue weighted by atomic mass is 79.9. The van der Waals surface area contributed by atoms with Crippen molar-refractivity contribution >= 4 is 27.5 Å². The van der Waals surface area contributed by atoms with E-state index in [2.05, 4.69) is 25.9 Å². The van der Waals surface area contributed by atoms with Crippen molar-refractivity contribution in [3.63, 3.8) is 0 Å². The van der Waals surface area contributed by atoms with Gasteiger partial charge in [-0.3, -0.25) is 9.20 Å². The molecule has 0 fully saturated rings. The van der Waals surface area contributed by atoms with Crippen molar-refractivity contribution in [2.75, 3.05) is 6.54 Å². The van der Waals surface area contributed by atoms with Gasteiger partial charge in [-0.15, -0.1) is 0 Å². The maximum absolute atomic E-state index is 11.2. The van der Waals surface area contributed by atoms with Gasteiger partial charge in [0, 0.05) is 6.20 Å². The third-order valence-electron chi connectivity index (χ3n) is 1.81. The standard InChI is InChI=1S/C8H7BrN4O/c9-7-4-11-8-12-5(6(14)3-10)1-2-13(7)8/h1-2,4H,3,10H2. The second-order valence-electron chi connectivity index (χ2n) is 2.69. The number of imidazole rings is 1. The van der Waals surface area contributed by atoms with Crippen LogP contribution in [0.1, 0.15) is 10.5 Å². The highest BCUT2D eigenvalue weighted by molar-refractivity contribution is 9.10. The number of aromatic nitrogens is 3. The molecule has 0 radical (unpaired) electrons. The summed E-state index contributed by atoms with van der Waals surface area (Å²) in [6, 6.07) is 1.62. The molecule has 6 heteroatoms. The first-order valence-corrected chi connectivity index (χ1v) is 4.74. The molecule has 2 N–H and O–H groups in total. The number of Topliss-reactive ketones (excluding diaryl/α,β-unsaturated/α-hetero) is 1. The molecular weight excluding hydrogens is 248 g/mol. The number of ketones is 1. The molecule has 0 aromatic carbocycles. The summed E-state index contributed by atoms with van der Waals surface area (Å²) in [5, 5.41) is 0. The number of carbonyl (C=O) groups is 1. The van der Waals surface area contributed by atoms with E-state index in [4.69, 9.17) is 5.73 Å². The number of halogens is 1. The summed E-state index contributed by atoms with van der Waals surface area (Å²) in [4.78, 5) is 19.3. The molecule has 0 amide bonds. The average Bonchev–Trinajstić information content (AvgIpc) is 2.59. The number of hydrogen-bond donors (Lipinski definition) is 1. The Kier molecular flexibility index (Phi) is 2.30. The second-order valence-corrected chi connectivity index (χ2v) is 3.50. The number of rotatable bonds is 2. The Morgan fingerprint density at radius 1 is 1.64 bits per heavy atom. The Morgan fingerprint density at radius 3 is 3.14 bits per heavy atom. The van der Waals surface area contributed by atoms with Crippen LogP contribution in [-0.4, -0.2) is 26.7 Å². The number of hydrogen-bond acceptors (Lipinski definition) is 4. The van der Waals surface area contributed by atoms with E-state index < -0.39 is 0 Å². The van der Waals surface area contributed by atoms with Crippen LogP contribution in [0.15, 0.2) is 23.1 Å². The highest BCUT2D eigenvalue weighted by Crippen LogP contribution is 2.11. The van der Waals surface area contributed by atoms with Crippen molar-refractivity contribution in [3.05, 3.63) is 28.8 Å². The Morgan fingerprint density at radius 2 is 2.43 bits per heavy atom. The van der Waals surface area contributed by atoms with Crippen molar-refractivity contribution in [2.45, 2.75) is 0 Å². The van der Waals surface area contributed by atoms with Gasteiger partial charge >= 0.3 is 0 Å². The largest absolute Gasteiger partial charge is 0.324 e. The lowest BCUT2D eigenvalue weighted by Gasteiger charge is -1.98. The monoisotopic (exact) mass is 254 g/mol. The van der Waals surface area contributed by atoms with Crippen LogP contribution < -0.4 is 5.73 Å². The van der Waals surface area contributed by atoms with Crippen LogP contribution in [0.4, 0.5) is 0 Å². The Balaban J connectivity index is 2.57. The van der Waals surface area contributed by atoms with E-state index in [0.717, 1.165) is 4.60 Å². The minimum Gasteiger partial charge on any atom is -0.324 e. The molecule has 2 rings (SSSR count). The summed E-state index contributed by atoms with van der Waals surface area (Å²) in [6.07, 6.45) is 3.35. The molecule has 2 aromatic heterocycles. The molecule has 0 saturated heterocycles. The Labute approximate surface area is 88.1 Å². The minimum atomic E-state index is -0.188. The summed E-state index contributed by atoms with van der Waals surface area (Å²) in [5.74, 6) is 0.294. The minimum absolute atomic E-state index is 0.0367. The van der Waals surface area contributed by atoms with Crippen molar-refractivity contribution in [2.24, 2.45) is 5.73 Å². The maximum Gasteiger partial charge on any atom is 0.235 e. The van der Waals surface area contributed by atoms with Crippen molar-refractivity contribution in [1.82, 2.24) is 14.4 Å². The SMILES string of the molecule is NCC(=O)c1ccn2c(Br)cnc2n1. The van der Waals surface area contributed by atoms with E-state index in [1.165, 1.54) is 0 Å². The van der Waals surface area contributed by atoms with Crippen LogP contribution in [0, 0.1) is 0 Å². The fraction of sp³-hybridized carbons (Fsp3) is 0.125. The smallest absolute Gasteiger partial charge is 0.235 e. The molecule has 0 unspecified atom stereocenters. The third-order valence-corrected chi connectivity index (χ3v) is 2.39. The van der Waals surface area contributed by atoms with Gasteiger partial charge in [0.25, 0.3) is 0 Å². The van der Waals surface area contributed by atoms with Gasteiger partial charge < -0.3 is 5.73 Å². The van der Waals surface area contributed by atoms with E-state index >= 15 is 0 Å². The van der Waals surface area contributed by atoms with Crippen LogP contribution in [0.3, 0.4) is 0 Å². The van der Waals surface area contributed by atoms with Gasteiger partial charge in [0.15, 0.2) is 5.78 Å². The molecular formula is C8H7BrN4O. The highest BCUT2D eigenvalue weighted by Gasteiger charge is 2.07. The predicted molar refractivity (Wildman–Crippen MR) is 54.1 cm³/mol. The zero-order valence-electron chi connectivity index (χ0n) is 7.14. The van der Waals surface area contributed by atoms with E-state index in [0.29, 0.717) is 11.5 Å². The number of carbonyl (C=O) groups excluding carboxylic acids is 1. The van der Waals surface area contributed by atoms with E-state index in [9.17, 15) is 4.79 Å². The summed E-state index contributed by atoms with van der Waals surface area (Å²) in [5.41, 5.74) is 5.57. The second kappa shape index (κ2) is 3.47. The lowest BCUT2D eigenvalue weighted by molar-refractivity contribution is 0.0997. The van der Waals surface area contributed by atoms with Crippen LogP contribution >= 0.6 is 15.9 Å². The van der Waals surface area contributed by atoms with Crippen LogP contribution in [0.5, 0.6) is 0 Å². The molecule has 0 atom stereocenters. The Bertz CT molecular complexity index is 493. The lowest BCUT2D eigenvalue weighted by atomic mass is 10.3. The van der Waals surface area contributed by atoms with Crippen LogP contribution in [0.2, 0.25) is 0 Å². The van der Waals surface area contributed by atoms with Gasteiger partial charge in [0.05, 0.1) is 12.7 Å². The van der Waals surface area contributed by atoms with Gasteiger partial charge in [-0.05, 0) is 22.0 Å². The van der Waals surface area contributed by atoms with Gasteiger partial charge in [-0.25, -0.2) is 9.97 Å². The first-order chi connectivity index (χ1) is 6.72. The predicted octanol–water partition coefficient (Wildman–Crippen LogP) is 0.633. The summed E-state index contributed by atoms with van der Waals surface area (Å²) in [6.45, 7) is -0.0367. The molecule has 0 aliphatic heterocycles. The van der Waals surface area contributed by atoms with E-state index in [1.54, 1.807) is 22.9 Å². The fourth-order valence-corrected chi connectivity index (χ4v) is 1.48. The maximum atomic E-state index is 11.2. The quantitative estimate of drug-likeness (QED) is 0.799. The molecule has 14 heavy (non-hydrogen) atoms. The molecule has 0 aliphatic rings. The normalized spacial score (nSPS) is 10.7. The fourth-order valence-electron chi connectivity index (χ4n) is 1.10.